The predicted molar refractivity (Wildman–Crippen MR) is 79.7 cm³/mol. The predicted octanol–water partition coefficient (Wildman–Crippen LogP) is 3.19. The number of nitrogens with zero attached hydrogens (tertiary/aromatic N) is 1. The zero-order valence-electron chi connectivity index (χ0n) is 11.6. The summed E-state index contributed by atoms with van der Waals surface area (Å²) in [7, 11) is 0. The topological polar surface area (TPSA) is 45.1 Å². The van der Waals surface area contributed by atoms with Crippen molar-refractivity contribution in [1.82, 2.24) is 10.3 Å². The first-order valence-electron chi connectivity index (χ1n) is 6.49. The van der Waals surface area contributed by atoms with E-state index in [0.717, 1.165) is 12.1 Å². The molecule has 0 saturated heterocycles. The quantitative estimate of drug-likeness (QED) is 0.881. The molecule has 1 atom stereocenters. The lowest BCUT2D eigenvalue weighted by atomic mass is 10.2. The Bertz CT molecular complexity index is 551. The Kier molecular flexibility index (Phi) is 4.56. The highest BCUT2D eigenvalue weighted by molar-refractivity contribution is 7.11. The lowest BCUT2D eigenvalue weighted by molar-refractivity contribution is 0.452. The van der Waals surface area contributed by atoms with Crippen LogP contribution in [-0.2, 0) is 13.0 Å². The number of hydrogen-bond acceptors (Lipinski definition) is 4. The van der Waals surface area contributed by atoms with Crippen LogP contribution in [0.5, 0.6) is 5.75 Å². The molecule has 3 nitrogen and oxygen atoms in total. The van der Waals surface area contributed by atoms with E-state index >= 15 is 0 Å². The summed E-state index contributed by atoms with van der Waals surface area (Å²) in [5.74, 6) is 0.261. The van der Waals surface area contributed by atoms with E-state index in [2.05, 4.69) is 36.3 Å². The number of aryl methyl sites for hydroxylation is 2. The van der Waals surface area contributed by atoms with Gasteiger partial charge in [-0.25, -0.2) is 0 Å². The van der Waals surface area contributed by atoms with Crippen molar-refractivity contribution >= 4 is 11.3 Å². The fraction of sp³-hybridized carbons (Fsp3) is 0.400. The molecule has 0 spiro atoms. The van der Waals surface area contributed by atoms with E-state index < -0.39 is 0 Å². The van der Waals surface area contributed by atoms with Crippen molar-refractivity contribution < 1.29 is 5.11 Å². The number of thiophene rings is 1. The average Bonchev–Trinajstić information content (AvgIpc) is 2.76. The number of pyridine rings is 1. The van der Waals surface area contributed by atoms with Crippen LogP contribution in [0, 0.1) is 13.8 Å². The van der Waals surface area contributed by atoms with Gasteiger partial charge in [-0.3, -0.25) is 4.98 Å². The molecule has 0 bridgehead atoms. The van der Waals surface area contributed by atoms with Gasteiger partial charge in [0.25, 0.3) is 0 Å². The molecule has 0 saturated carbocycles. The summed E-state index contributed by atoms with van der Waals surface area (Å²) in [5, 5.41) is 13.1. The molecule has 19 heavy (non-hydrogen) atoms. The third-order valence-electron chi connectivity index (χ3n) is 3.01. The number of aromatic nitrogens is 1. The van der Waals surface area contributed by atoms with E-state index in [4.69, 9.17) is 0 Å². The summed E-state index contributed by atoms with van der Waals surface area (Å²) < 4.78 is 0. The van der Waals surface area contributed by atoms with Gasteiger partial charge >= 0.3 is 0 Å². The Morgan fingerprint density at radius 3 is 2.74 bits per heavy atom. The average molecular weight is 276 g/mol. The number of nitrogens with one attached hydrogen (secondary N) is 1. The SMILES string of the molecule is Cc1ccc(O)c(CNC(C)Cc2ccc(C)s2)n1. The van der Waals surface area contributed by atoms with Crippen LogP contribution < -0.4 is 5.32 Å². The van der Waals surface area contributed by atoms with Gasteiger partial charge in [0.2, 0.25) is 0 Å². The zero-order valence-corrected chi connectivity index (χ0v) is 12.4. The van der Waals surface area contributed by atoms with Crippen molar-refractivity contribution in [2.75, 3.05) is 0 Å². The molecule has 2 aromatic heterocycles. The van der Waals surface area contributed by atoms with E-state index in [1.54, 1.807) is 6.07 Å². The first-order chi connectivity index (χ1) is 9.04. The van der Waals surface area contributed by atoms with Crippen LogP contribution in [-0.4, -0.2) is 16.1 Å². The largest absolute Gasteiger partial charge is 0.506 e. The first kappa shape index (κ1) is 14.0. The monoisotopic (exact) mass is 276 g/mol. The Morgan fingerprint density at radius 1 is 1.26 bits per heavy atom. The Morgan fingerprint density at radius 2 is 2.05 bits per heavy atom. The summed E-state index contributed by atoms with van der Waals surface area (Å²) in [5.41, 5.74) is 1.64. The van der Waals surface area contributed by atoms with Crippen molar-refractivity contribution in [2.45, 2.75) is 39.8 Å². The Labute approximate surface area is 118 Å². The number of rotatable bonds is 5. The van der Waals surface area contributed by atoms with E-state index in [0.29, 0.717) is 18.3 Å². The van der Waals surface area contributed by atoms with Crippen molar-refractivity contribution in [2.24, 2.45) is 0 Å². The van der Waals surface area contributed by atoms with Gasteiger partial charge in [0.05, 0.1) is 5.69 Å². The third kappa shape index (κ3) is 4.04. The number of hydrogen-bond donors (Lipinski definition) is 2. The van der Waals surface area contributed by atoms with Gasteiger partial charge in [0, 0.05) is 28.0 Å². The highest BCUT2D eigenvalue weighted by atomic mass is 32.1. The molecule has 4 heteroatoms. The second-order valence-electron chi connectivity index (χ2n) is 4.92. The summed E-state index contributed by atoms with van der Waals surface area (Å²) in [6.07, 6.45) is 1.01. The summed E-state index contributed by atoms with van der Waals surface area (Å²) in [4.78, 5) is 7.08. The molecule has 2 N–H and O–H groups in total. The molecule has 0 aliphatic heterocycles. The molecule has 1 unspecified atom stereocenters. The Hall–Kier alpha value is -1.39. The van der Waals surface area contributed by atoms with Gasteiger partial charge in [-0.2, -0.15) is 0 Å². The summed E-state index contributed by atoms with van der Waals surface area (Å²) in [6.45, 7) is 6.81. The minimum Gasteiger partial charge on any atom is -0.506 e. The van der Waals surface area contributed by atoms with Crippen molar-refractivity contribution in [3.05, 3.63) is 45.4 Å². The fourth-order valence-corrected chi connectivity index (χ4v) is 2.99. The zero-order chi connectivity index (χ0) is 13.8. The van der Waals surface area contributed by atoms with Gasteiger partial charge in [-0.05, 0) is 51.5 Å². The second-order valence-corrected chi connectivity index (χ2v) is 6.29. The van der Waals surface area contributed by atoms with Crippen molar-refractivity contribution in [1.29, 1.82) is 0 Å². The molecule has 0 fully saturated rings. The standard InChI is InChI=1S/C15H20N2OS/c1-10-4-7-15(18)14(17-10)9-16-11(2)8-13-6-5-12(3)19-13/h4-7,11,16,18H,8-9H2,1-3H3. The van der Waals surface area contributed by atoms with E-state index in [1.165, 1.54) is 9.75 Å². The van der Waals surface area contributed by atoms with Crippen LogP contribution in [0.4, 0.5) is 0 Å². The summed E-state index contributed by atoms with van der Waals surface area (Å²) in [6, 6.07) is 8.21. The molecule has 2 aromatic rings. The van der Waals surface area contributed by atoms with Crippen LogP contribution in [0.25, 0.3) is 0 Å². The third-order valence-corrected chi connectivity index (χ3v) is 4.03. The second kappa shape index (κ2) is 6.17. The van der Waals surface area contributed by atoms with Gasteiger partial charge in [0.1, 0.15) is 5.75 Å². The van der Waals surface area contributed by atoms with Gasteiger partial charge in [0.15, 0.2) is 0 Å². The molecule has 0 aromatic carbocycles. The van der Waals surface area contributed by atoms with Crippen molar-refractivity contribution in [3.8, 4) is 5.75 Å². The lowest BCUT2D eigenvalue weighted by Gasteiger charge is -2.13. The van der Waals surface area contributed by atoms with Crippen LogP contribution in [0.2, 0.25) is 0 Å². The Balaban J connectivity index is 1.89. The molecular formula is C15H20N2OS. The van der Waals surface area contributed by atoms with Gasteiger partial charge < -0.3 is 10.4 Å². The minimum atomic E-state index is 0.261. The maximum Gasteiger partial charge on any atom is 0.138 e. The van der Waals surface area contributed by atoms with Crippen LogP contribution >= 0.6 is 11.3 Å². The molecule has 0 aliphatic carbocycles. The molecule has 2 heterocycles. The van der Waals surface area contributed by atoms with E-state index in [9.17, 15) is 5.11 Å². The van der Waals surface area contributed by atoms with Crippen LogP contribution in [0.15, 0.2) is 24.3 Å². The molecule has 102 valence electrons. The van der Waals surface area contributed by atoms with Crippen LogP contribution in [0.3, 0.4) is 0 Å². The van der Waals surface area contributed by atoms with Gasteiger partial charge in [-0.15, -0.1) is 11.3 Å². The van der Waals surface area contributed by atoms with E-state index in [1.807, 2.05) is 24.3 Å². The highest BCUT2D eigenvalue weighted by Gasteiger charge is 2.08. The molecule has 2 rings (SSSR count). The molecular weight excluding hydrogens is 256 g/mol. The number of aromatic hydroxyl groups is 1. The maximum absolute atomic E-state index is 9.74. The first-order valence-corrected chi connectivity index (χ1v) is 7.30. The maximum atomic E-state index is 9.74. The van der Waals surface area contributed by atoms with Crippen LogP contribution in [0.1, 0.15) is 28.1 Å². The molecule has 0 radical (unpaired) electrons. The highest BCUT2D eigenvalue weighted by Crippen LogP contribution is 2.18. The van der Waals surface area contributed by atoms with Gasteiger partial charge in [-0.1, -0.05) is 0 Å². The summed E-state index contributed by atoms with van der Waals surface area (Å²) >= 11 is 1.84. The molecule has 0 aliphatic rings. The lowest BCUT2D eigenvalue weighted by Crippen LogP contribution is -2.27. The smallest absolute Gasteiger partial charge is 0.138 e. The molecule has 0 amide bonds. The minimum absolute atomic E-state index is 0.261. The van der Waals surface area contributed by atoms with E-state index in [-0.39, 0.29) is 5.75 Å². The fourth-order valence-electron chi connectivity index (χ4n) is 1.97. The van der Waals surface area contributed by atoms with Crippen molar-refractivity contribution in [3.63, 3.8) is 0 Å². The normalized spacial score (nSPS) is 12.6.